The van der Waals surface area contributed by atoms with Crippen LogP contribution in [-0.2, 0) is 4.79 Å². The van der Waals surface area contributed by atoms with Crippen LogP contribution in [0.25, 0.3) is 0 Å². The van der Waals surface area contributed by atoms with Crippen LogP contribution >= 0.6 is 11.8 Å². The van der Waals surface area contributed by atoms with Gasteiger partial charge in [0, 0.05) is 17.4 Å². The van der Waals surface area contributed by atoms with Crippen LogP contribution in [0.2, 0.25) is 0 Å². The van der Waals surface area contributed by atoms with E-state index in [9.17, 15) is 9.90 Å². The SMILES string of the molecule is COc1ccc(SCC(=O)NCC2CCCCC2O)cc1. The lowest BCUT2D eigenvalue weighted by molar-refractivity contribution is -0.119. The molecule has 0 radical (unpaired) electrons. The topological polar surface area (TPSA) is 58.6 Å². The smallest absolute Gasteiger partial charge is 0.230 e. The number of nitrogens with one attached hydrogen (secondary N) is 1. The van der Waals surface area contributed by atoms with Crippen molar-refractivity contribution in [2.75, 3.05) is 19.4 Å². The third-order valence-corrected chi connectivity index (χ3v) is 4.87. The molecule has 2 rings (SSSR count). The third kappa shape index (κ3) is 5.25. The fraction of sp³-hybridized carbons (Fsp3) is 0.562. The van der Waals surface area contributed by atoms with E-state index in [4.69, 9.17) is 4.74 Å². The predicted molar refractivity (Wildman–Crippen MR) is 84.7 cm³/mol. The molecule has 2 atom stereocenters. The molecule has 0 aromatic heterocycles. The standard InChI is InChI=1S/C16H23NO3S/c1-20-13-6-8-14(9-7-13)21-11-16(19)17-10-12-4-2-3-5-15(12)18/h6-9,12,15,18H,2-5,10-11H2,1H3,(H,17,19). The number of methoxy groups -OCH3 is 1. The molecule has 1 amide bonds. The van der Waals surface area contributed by atoms with E-state index in [2.05, 4.69) is 5.32 Å². The van der Waals surface area contributed by atoms with Gasteiger partial charge in [-0.25, -0.2) is 0 Å². The maximum absolute atomic E-state index is 11.9. The predicted octanol–water partition coefficient (Wildman–Crippen LogP) is 2.45. The molecule has 0 spiro atoms. The lowest BCUT2D eigenvalue weighted by atomic mass is 9.86. The van der Waals surface area contributed by atoms with E-state index in [1.54, 1.807) is 7.11 Å². The molecule has 1 saturated carbocycles. The van der Waals surface area contributed by atoms with Gasteiger partial charge < -0.3 is 15.2 Å². The van der Waals surface area contributed by atoms with Gasteiger partial charge in [0.05, 0.1) is 19.0 Å². The zero-order valence-corrected chi connectivity index (χ0v) is 13.2. The maximum atomic E-state index is 11.9. The van der Waals surface area contributed by atoms with Crippen molar-refractivity contribution in [3.8, 4) is 5.75 Å². The summed E-state index contributed by atoms with van der Waals surface area (Å²) in [4.78, 5) is 12.9. The van der Waals surface area contributed by atoms with E-state index in [1.165, 1.54) is 11.8 Å². The number of aliphatic hydroxyl groups excluding tert-OH is 1. The summed E-state index contributed by atoms with van der Waals surface area (Å²) in [6.07, 6.45) is 3.86. The van der Waals surface area contributed by atoms with Gasteiger partial charge in [0.2, 0.25) is 5.91 Å². The molecule has 1 aromatic rings. The maximum Gasteiger partial charge on any atom is 0.230 e. The molecule has 0 bridgehead atoms. The summed E-state index contributed by atoms with van der Waals surface area (Å²) in [5.74, 6) is 1.45. The minimum atomic E-state index is -0.256. The highest BCUT2D eigenvalue weighted by Gasteiger charge is 2.23. The second-order valence-electron chi connectivity index (χ2n) is 5.38. The molecule has 0 saturated heterocycles. The van der Waals surface area contributed by atoms with Crippen molar-refractivity contribution >= 4 is 17.7 Å². The first kappa shape index (κ1) is 16.2. The Labute approximate surface area is 130 Å². The van der Waals surface area contributed by atoms with Gasteiger partial charge in [0.15, 0.2) is 0 Å². The number of carbonyl (C=O) groups excluding carboxylic acids is 1. The molecule has 2 unspecified atom stereocenters. The van der Waals surface area contributed by atoms with Gasteiger partial charge in [-0.2, -0.15) is 0 Å². The number of aliphatic hydroxyl groups is 1. The Kier molecular flexibility index (Phi) is 6.39. The van der Waals surface area contributed by atoms with Gasteiger partial charge in [-0.05, 0) is 37.1 Å². The Hall–Kier alpha value is -1.20. The molecule has 0 heterocycles. The van der Waals surface area contributed by atoms with Crippen molar-refractivity contribution in [2.45, 2.75) is 36.7 Å². The van der Waals surface area contributed by atoms with Gasteiger partial charge >= 0.3 is 0 Å². The number of benzene rings is 1. The van der Waals surface area contributed by atoms with Gasteiger partial charge in [-0.15, -0.1) is 11.8 Å². The highest BCUT2D eigenvalue weighted by atomic mass is 32.2. The molecule has 1 fully saturated rings. The zero-order chi connectivity index (χ0) is 15.1. The van der Waals surface area contributed by atoms with Crippen LogP contribution in [0.5, 0.6) is 5.75 Å². The first-order chi connectivity index (χ1) is 10.2. The van der Waals surface area contributed by atoms with Gasteiger partial charge in [0.25, 0.3) is 0 Å². The molecule has 2 N–H and O–H groups in total. The van der Waals surface area contributed by atoms with Crippen molar-refractivity contribution in [3.63, 3.8) is 0 Å². The zero-order valence-electron chi connectivity index (χ0n) is 12.4. The minimum absolute atomic E-state index is 0.0218. The Morgan fingerprint density at radius 1 is 1.33 bits per heavy atom. The molecule has 5 heteroatoms. The molecular formula is C16H23NO3S. The number of carbonyl (C=O) groups is 1. The number of rotatable bonds is 6. The quantitative estimate of drug-likeness (QED) is 0.793. The Bertz CT molecular complexity index is 449. The molecule has 21 heavy (non-hydrogen) atoms. The molecule has 0 aliphatic heterocycles. The van der Waals surface area contributed by atoms with Gasteiger partial charge in [0.1, 0.15) is 5.75 Å². The summed E-state index contributed by atoms with van der Waals surface area (Å²) in [5.41, 5.74) is 0. The first-order valence-electron chi connectivity index (χ1n) is 7.40. The summed E-state index contributed by atoms with van der Waals surface area (Å²) in [6.45, 7) is 0.586. The first-order valence-corrected chi connectivity index (χ1v) is 8.39. The van der Waals surface area contributed by atoms with Crippen LogP contribution < -0.4 is 10.1 Å². The van der Waals surface area contributed by atoms with Crippen molar-refractivity contribution in [1.29, 1.82) is 0 Å². The highest BCUT2D eigenvalue weighted by molar-refractivity contribution is 8.00. The van der Waals surface area contributed by atoms with Crippen molar-refractivity contribution < 1.29 is 14.6 Å². The average Bonchev–Trinajstić information content (AvgIpc) is 2.52. The summed E-state index contributed by atoms with van der Waals surface area (Å²) in [6, 6.07) is 7.67. The van der Waals surface area contributed by atoms with E-state index in [-0.39, 0.29) is 17.9 Å². The largest absolute Gasteiger partial charge is 0.497 e. The van der Waals surface area contributed by atoms with Crippen LogP contribution in [0.3, 0.4) is 0 Å². The normalized spacial score (nSPS) is 21.8. The van der Waals surface area contributed by atoms with E-state index in [0.717, 1.165) is 36.3 Å². The molecule has 4 nitrogen and oxygen atoms in total. The van der Waals surface area contributed by atoms with Gasteiger partial charge in [-0.3, -0.25) is 4.79 Å². The summed E-state index contributed by atoms with van der Waals surface area (Å²) >= 11 is 1.51. The second-order valence-corrected chi connectivity index (χ2v) is 6.43. The molecular weight excluding hydrogens is 286 g/mol. The number of hydrogen-bond acceptors (Lipinski definition) is 4. The van der Waals surface area contributed by atoms with E-state index < -0.39 is 0 Å². The molecule has 1 aliphatic carbocycles. The highest BCUT2D eigenvalue weighted by Crippen LogP contribution is 2.24. The lowest BCUT2D eigenvalue weighted by Gasteiger charge is -2.27. The Morgan fingerprint density at radius 3 is 2.71 bits per heavy atom. The summed E-state index contributed by atoms with van der Waals surface area (Å²) < 4.78 is 5.10. The minimum Gasteiger partial charge on any atom is -0.497 e. The van der Waals surface area contributed by atoms with Crippen molar-refractivity contribution in [2.24, 2.45) is 5.92 Å². The number of ether oxygens (including phenoxy) is 1. The summed E-state index contributed by atoms with van der Waals surface area (Å²) in [5, 5.41) is 12.8. The van der Waals surface area contributed by atoms with Gasteiger partial charge in [-0.1, -0.05) is 12.8 Å². The number of thioether (sulfide) groups is 1. The second kappa shape index (κ2) is 8.29. The summed E-state index contributed by atoms with van der Waals surface area (Å²) in [7, 11) is 1.63. The molecule has 1 aromatic carbocycles. The van der Waals surface area contributed by atoms with Crippen LogP contribution in [0, 0.1) is 5.92 Å². The lowest BCUT2D eigenvalue weighted by Crippen LogP contribution is -2.37. The Morgan fingerprint density at radius 2 is 2.05 bits per heavy atom. The van der Waals surface area contributed by atoms with Crippen LogP contribution in [0.1, 0.15) is 25.7 Å². The fourth-order valence-electron chi connectivity index (χ4n) is 2.54. The molecule has 1 aliphatic rings. The van der Waals surface area contributed by atoms with E-state index in [0.29, 0.717) is 12.3 Å². The number of amides is 1. The van der Waals surface area contributed by atoms with Crippen LogP contribution in [0.4, 0.5) is 0 Å². The van der Waals surface area contributed by atoms with Crippen molar-refractivity contribution in [3.05, 3.63) is 24.3 Å². The van der Waals surface area contributed by atoms with Crippen molar-refractivity contribution in [1.82, 2.24) is 5.32 Å². The number of hydrogen-bond donors (Lipinski definition) is 2. The van der Waals surface area contributed by atoms with Crippen LogP contribution in [0.15, 0.2) is 29.2 Å². The monoisotopic (exact) mass is 309 g/mol. The van der Waals surface area contributed by atoms with E-state index in [1.807, 2.05) is 24.3 Å². The third-order valence-electron chi connectivity index (χ3n) is 3.86. The molecule has 116 valence electrons. The van der Waals surface area contributed by atoms with Crippen LogP contribution in [-0.4, -0.2) is 36.5 Å². The Balaban J connectivity index is 1.69. The fourth-order valence-corrected chi connectivity index (χ4v) is 3.27. The average molecular weight is 309 g/mol. The van der Waals surface area contributed by atoms with E-state index >= 15 is 0 Å².